The summed E-state index contributed by atoms with van der Waals surface area (Å²) in [5.41, 5.74) is 3.11. The molecular weight excluding hydrogens is 428 g/mol. The molecular formula is C22H26N6O3S. The summed E-state index contributed by atoms with van der Waals surface area (Å²) < 4.78 is 32.6. The molecule has 0 aliphatic carbocycles. The summed E-state index contributed by atoms with van der Waals surface area (Å²) in [5, 5.41) is 9.66. The molecule has 32 heavy (non-hydrogen) atoms. The van der Waals surface area contributed by atoms with Gasteiger partial charge < -0.3 is 10.1 Å². The lowest BCUT2D eigenvalue weighted by molar-refractivity contribution is 0.208. The second-order valence-electron chi connectivity index (χ2n) is 7.82. The molecule has 4 aromatic rings. The Bertz CT molecular complexity index is 1350. The van der Waals surface area contributed by atoms with Crippen molar-refractivity contribution in [3.8, 4) is 0 Å². The molecule has 10 heteroatoms. The Morgan fingerprint density at radius 1 is 1.09 bits per heavy atom. The fourth-order valence-corrected chi connectivity index (χ4v) is 4.49. The van der Waals surface area contributed by atoms with Crippen LogP contribution in [0.3, 0.4) is 0 Å². The van der Waals surface area contributed by atoms with Crippen molar-refractivity contribution in [2.24, 2.45) is 0 Å². The molecule has 0 unspecified atom stereocenters. The lowest BCUT2D eigenvalue weighted by Crippen LogP contribution is -2.32. The topological polar surface area (TPSA) is 102 Å². The van der Waals surface area contributed by atoms with Gasteiger partial charge >= 0.3 is 0 Å². The minimum absolute atomic E-state index is 0.202. The van der Waals surface area contributed by atoms with Crippen LogP contribution >= 0.6 is 0 Å². The van der Waals surface area contributed by atoms with E-state index < -0.39 is 10.0 Å². The first-order valence-corrected chi connectivity index (χ1v) is 12.1. The van der Waals surface area contributed by atoms with Crippen LogP contribution < -0.4 is 9.62 Å². The van der Waals surface area contributed by atoms with Crippen LogP contribution in [0.15, 0.2) is 48.8 Å². The van der Waals surface area contributed by atoms with E-state index in [1.54, 1.807) is 37.6 Å². The summed E-state index contributed by atoms with van der Waals surface area (Å²) in [6.45, 7) is 4.72. The molecule has 4 rings (SSSR count). The first-order valence-electron chi connectivity index (χ1n) is 10.2. The van der Waals surface area contributed by atoms with E-state index >= 15 is 0 Å². The average Bonchev–Trinajstić information content (AvgIpc) is 3.19. The molecule has 0 atom stereocenters. The molecule has 0 spiro atoms. The molecule has 2 heterocycles. The summed E-state index contributed by atoms with van der Waals surface area (Å²) in [4.78, 5) is 9.18. The van der Waals surface area contributed by atoms with Gasteiger partial charge in [0.25, 0.3) is 0 Å². The number of fused-ring (bicyclic) bond motifs is 3. The molecule has 0 fully saturated rings. The van der Waals surface area contributed by atoms with Crippen molar-refractivity contribution in [1.29, 1.82) is 0 Å². The second-order valence-corrected chi connectivity index (χ2v) is 9.72. The summed E-state index contributed by atoms with van der Waals surface area (Å²) >= 11 is 0. The predicted octanol–water partition coefficient (Wildman–Crippen LogP) is 3.72. The average molecular weight is 455 g/mol. The van der Waals surface area contributed by atoms with Gasteiger partial charge in [-0.05, 0) is 38.1 Å². The third-order valence-corrected chi connectivity index (χ3v) is 6.30. The SMILES string of the molecule is COCCN(c1ccc(Nc2ncc3ccc4cnn(C(C)C)c4c3n2)cc1)S(C)(=O)=O. The number of benzene rings is 2. The molecule has 0 radical (unpaired) electrons. The minimum atomic E-state index is -3.41. The molecule has 2 aromatic carbocycles. The van der Waals surface area contributed by atoms with Crippen LogP contribution in [0, 0.1) is 0 Å². The van der Waals surface area contributed by atoms with Crippen molar-refractivity contribution in [3.63, 3.8) is 0 Å². The smallest absolute Gasteiger partial charge is 0.232 e. The standard InChI is InChI=1S/C22H26N6O3S/c1-15(2)28-21-17(14-24-28)6-5-16-13-23-22(26-20(16)21)25-18-7-9-19(10-8-18)27(11-12-31-3)32(4,29)30/h5-10,13-15H,11-12H2,1-4H3,(H,23,25,26). The number of nitrogens with zero attached hydrogens (tertiary/aromatic N) is 5. The van der Waals surface area contributed by atoms with E-state index in [2.05, 4.69) is 29.2 Å². The maximum absolute atomic E-state index is 12.1. The fraction of sp³-hybridized carbons (Fsp3) is 0.318. The fourth-order valence-electron chi connectivity index (χ4n) is 3.58. The largest absolute Gasteiger partial charge is 0.383 e. The van der Waals surface area contributed by atoms with Gasteiger partial charge in [-0.2, -0.15) is 5.10 Å². The zero-order valence-corrected chi connectivity index (χ0v) is 19.3. The summed E-state index contributed by atoms with van der Waals surface area (Å²) in [7, 11) is -1.87. The monoisotopic (exact) mass is 454 g/mol. The molecule has 0 saturated carbocycles. The van der Waals surface area contributed by atoms with Crippen molar-refractivity contribution in [2.75, 3.05) is 36.1 Å². The van der Waals surface area contributed by atoms with Crippen LogP contribution in [-0.2, 0) is 14.8 Å². The third kappa shape index (κ3) is 4.37. The van der Waals surface area contributed by atoms with Gasteiger partial charge in [0, 0.05) is 35.8 Å². The van der Waals surface area contributed by atoms with Gasteiger partial charge in [0.2, 0.25) is 16.0 Å². The molecule has 0 aliphatic rings. The Labute approximate surface area is 187 Å². The summed E-state index contributed by atoms with van der Waals surface area (Å²) in [5.74, 6) is 0.452. The number of methoxy groups -OCH3 is 1. The zero-order valence-electron chi connectivity index (χ0n) is 18.5. The maximum Gasteiger partial charge on any atom is 0.232 e. The molecule has 2 aromatic heterocycles. The van der Waals surface area contributed by atoms with Crippen LogP contribution in [0.4, 0.5) is 17.3 Å². The lowest BCUT2D eigenvalue weighted by atomic mass is 10.2. The molecule has 168 valence electrons. The number of rotatable bonds is 8. The number of sulfonamides is 1. The van der Waals surface area contributed by atoms with Gasteiger partial charge in [-0.25, -0.2) is 18.4 Å². The highest BCUT2D eigenvalue weighted by atomic mass is 32.2. The van der Waals surface area contributed by atoms with Gasteiger partial charge in [0.05, 0.1) is 36.8 Å². The summed E-state index contributed by atoms with van der Waals surface area (Å²) in [6.07, 6.45) is 4.81. The van der Waals surface area contributed by atoms with E-state index in [0.717, 1.165) is 27.5 Å². The zero-order chi connectivity index (χ0) is 22.9. The van der Waals surface area contributed by atoms with Gasteiger partial charge in [-0.15, -0.1) is 0 Å². The van der Waals surface area contributed by atoms with Crippen LogP contribution in [0.1, 0.15) is 19.9 Å². The van der Waals surface area contributed by atoms with Crippen LogP contribution in [-0.4, -0.2) is 54.7 Å². The van der Waals surface area contributed by atoms with Crippen molar-refractivity contribution in [2.45, 2.75) is 19.9 Å². The van der Waals surface area contributed by atoms with Crippen LogP contribution in [0.2, 0.25) is 0 Å². The van der Waals surface area contributed by atoms with Crippen molar-refractivity contribution >= 4 is 49.2 Å². The number of aromatic nitrogens is 4. The van der Waals surface area contributed by atoms with E-state index in [1.807, 2.05) is 23.0 Å². The molecule has 0 amide bonds. The molecule has 0 saturated heterocycles. The second kappa shape index (κ2) is 8.71. The Morgan fingerprint density at radius 3 is 2.47 bits per heavy atom. The van der Waals surface area contributed by atoms with Crippen molar-refractivity contribution < 1.29 is 13.2 Å². The van der Waals surface area contributed by atoms with Crippen molar-refractivity contribution in [3.05, 3.63) is 48.8 Å². The van der Waals surface area contributed by atoms with Crippen molar-refractivity contribution in [1.82, 2.24) is 19.7 Å². The highest BCUT2D eigenvalue weighted by Crippen LogP contribution is 2.27. The van der Waals surface area contributed by atoms with Crippen LogP contribution in [0.5, 0.6) is 0 Å². The van der Waals surface area contributed by atoms with E-state index in [4.69, 9.17) is 9.72 Å². The van der Waals surface area contributed by atoms with Gasteiger partial charge in [-0.3, -0.25) is 8.99 Å². The van der Waals surface area contributed by atoms with E-state index in [0.29, 0.717) is 18.2 Å². The maximum atomic E-state index is 12.1. The number of hydrogen-bond donors (Lipinski definition) is 1. The number of hydrogen-bond acceptors (Lipinski definition) is 7. The predicted molar refractivity (Wildman–Crippen MR) is 127 cm³/mol. The highest BCUT2D eigenvalue weighted by molar-refractivity contribution is 7.92. The van der Waals surface area contributed by atoms with Gasteiger partial charge in [0.15, 0.2) is 0 Å². The molecule has 9 nitrogen and oxygen atoms in total. The minimum Gasteiger partial charge on any atom is -0.383 e. The van der Waals surface area contributed by atoms with Crippen LogP contribution in [0.25, 0.3) is 21.8 Å². The quantitative estimate of drug-likeness (QED) is 0.433. The highest BCUT2D eigenvalue weighted by Gasteiger charge is 2.17. The number of nitrogens with one attached hydrogen (secondary N) is 1. The van der Waals surface area contributed by atoms with Gasteiger partial charge in [-0.1, -0.05) is 12.1 Å². The Kier molecular flexibility index (Phi) is 5.98. The Hall–Kier alpha value is -3.24. The summed E-state index contributed by atoms with van der Waals surface area (Å²) in [6, 6.07) is 11.3. The third-order valence-electron chi connectivity index (χ3n) is 5.11. The van der Waals surface area contributed by atoms with E-state index in [-0.39, 0.29) is 12.6 Å². The van der Waals surface area contributed by atoms with Gasteiger partial charge in [0.1, 0.15) is 5.52 Å². The number of ether oxygens (including phenoxy) is 1. The normalized spacial score (nSPS) is 12.0. The first-order chi connectivity index (χ1) is 15.3. The Balaban J connectivity index is 1.65. The first kappa shape index (κ1) is 22.0. The van der Waals surface area contributed by atoms with E-state index in [9.17, 15) is 8.42 Å². The molecule has 1 N–H and O–H groups in total. The Morgan fingerprint density at radius 2 is 1.81 bits per heavy atom. The van der Waals surface area contributed by atoms with E-state index in [1.165, 1.54) is 10.6 Å². The number of anilines is 3. The molecule has 0 bridgehead atoms. The molecule has 0 aliphatic heterocycles. The lowest BCUT2D eigenvalue weighted by Gasteiger charge is -2.22.